The van der Waals surface area contributed by atoms with E-state index < -0.39 is 22.9 Å². The Morgan fingerprint density at radius 2 is 1.61 bits per heavy atom. The Morgan fingerprint density at radius 3 is 2.30 bits per heavy atom. The summed E-state index contributed by atoms with van der Waals surface area (Å²) in [5.41, 5.74) is 5.21. The first kappa shape index (κ1) is 41.9. The van der Waals surface area contributed by atoms with Gasteiger partial charge in [-0.3, -0.25) is 14.4 Å². The van der Waals surface area contributed by atoms with E-state index in [1.807, 2.05) is 65.0 Å². The Bertz CT molecular complexity index is 2220. The third-order valence-electron chi connectivity index (χ3n) is 8.96. The molecule has 1 aromatic heterocycles. The largest absolute Gasteiger partial charge is 0.507 e. The molecule has 0 radical (unpaired) electrons. The molecule has 5 aromatic rings. The number of ether oxygens (including phenoxy) is 3. The number of alkyl halides is 1. The molecule has 6 rings (SSSR count). The highest BCUT2D eigenvalue weighted by molar-refractivity contribution is 6.15. The van der Waals surface area contributed by atoms with Gasteiger partial charge in [-0.05, 0) is 127 Å². The first-order valence-corrected chi connectivity index (χ1v) is 19.1. The standard InChI is InChI=1S/C42H48N4O8.CH3Cl/c1-25-10-9-11-31-35(47)22-34-30(36(25)31)18-19-46(34)38(49)33-21-27-20-28(14-17-32(27)44-33)43-37(48)26-12-15-29(16-13-26)53-42(7,8)23-51-41(5,6)24-52-45-39(50)54-40(2,3)4;1-2/h9-17,20-22,44,47H,18-19,23-24H2,1-8H3,(H,43,48)(H,45,50);1H3. The molecule has 0 spiro atoms. The van der Waals surface area contributed by atoms with E-state index in [4.69, 9.17) is 19.0 Å². The molecular weight excluding hydrogens is 736 g/mol. The molecule has 4 aromatic carbocycles. The van der Waals surface area contributed by atoms with Crippen molar-refractivity contribution in [2.75, 3.05) is 36.4 Å². The lowest BCUT2D eigenvalue weighted by atomic mass is 9.97. The summed E-state index contributed by atoms with van der Waals surface area (Å²) in [6.07, 6.45) is 1.49. The minimum Gasteiger partial charge on any atom is -0.507 e. The van der Waals surface area contributed by atoms with Crippen LogP contribution in [-0.2, 0) is 20.7 Å². The average Bonchev–Trinajstić information content (AvgIpc) is 3.75. The molecule has 1 aliphatic rings. The van der Waals surface area contributed by atoms with Crippen molar-refractivity contribution in [2.24, 2.45) is 0 Å². The number of fused-ring (bicyclic) bond motifs is 4. The van der Waals surface area contributed by atoms with Crippen molar-refractivity contribution in [1.29, 1.82) is 0 Å². The Balaban J connectivity index is 0.00000295. The number of rotatable bonds is 11. The van der Waals surface area contributed by atoms with E-state index in [-0.39, 0.29) is 30.8 Å². The lowest BCUT2D eigenvalue weighted by molar-refractivity contribution is -0.128. The van der Waals surface area contributed by atoms with Crippen LogP contribution in [0.2, 0.25) is 0 Å². The monoisotopic (exact) mass is 786 g/mol. The number of carbonyl (C=O) groups is 3. The number of aromatic hydroxyl groups is 1. The molecule has 0 fully saturated rings. The third kappa shape index (κ3) is 10.1. The minimum absolute atomic E-state index is 0.0831. The summed E-state index contributed by atoms with van der Waals surface area (Å²) in [6.45, 7) is 15.6. The SMILES string of the molecule is CCl.Cc1cccc2c(O)cc3c(c12)CCN3C(=O)c1cc2cc(NC(=O)c3ccc(OC(C)(C)COC(C)(C)CONC(=O)OC(C)(C)C)cc3)ccc2[nH]1. The van der Waals surface area contributed by atoms with Gasteiger partial charge in [0.05, 0.1) is 17.9 Å². The van der Waals surface area contributed by atoms with Gasteiger partial charge in [-0.2, -0.15) is 5.48 Å². The maximum Gasteiger partial charge on any atom is 0.431 e. The molecule has 3 amide bonds. The fraction of sp³-hybridized carbons (Fsp3) is 0.372. The zero-order chi connectivity index (χ0) is 41.0. The van der Waals surface area contributed by atoms with Crippen LogP contribution in [0.3, 0.4) is 0 Å². The van der Waals surface area contributed by atoms with E-state index in [2.05, 4.69) is 27.4 Å². The number of aromatic nitrogens is 1. The number of aromatic amines is 1. The van der Waals surface area contributed by atoms with Crippen molar-refractivity contribution in [3.05, 3.63) is 95.2 Å². The number of aryl methyl sites for hydroxylation is 1. The van der Waals surface area contributed by atoms with Crippen LogP contribution >= 0.6 is 11.6 Å². The number of nitrogens with one attached hydrogen (secondary N) is 3. The first-order valence-electron chi connectivity index (χ1n) is 18.3. The van der Waals surface area contributed by atoms with Gasteiger partial charge >= 0.3 is 6.09 Å². The number of phenols is 1. The van der Waals surface area contributed by atoms with E-state index in [1.54, 1.807) is 68.1 Å². The number of carbonyl (C=O) groups excluding carboxylic acids is 3. The average molecular weight is 787 g/mol. The highest BCUT2D eigenvalue weighted by Crippen LogP contribution is 2.41. The summed E-state index contributed by atoms with van der Waals surface area (Å²) in [4.78, 5) is 49.0. The molecule has 0 bridgehead atoms. The molecule has 4 N–H and O–H groups in total. The molecule has 0 saturated carbocycles. The van der Waals surface area contributed by atoms with Crippen LogP contribution in [0.1, 0.15) is 80.4 Å². The number of H-pyrrole nitrogens is 1. The first-order chi connectivity index (χ1) is 26.4. The summed E-state index contributed by atoms with van der Waals surface area (Å²) in [6, 6.07) is 21.6. The van der Waals surface area contributed by atoms with Crippen LogP contribution < -0.4 is 20.4 Å². The summed E-state index contributed by atoms with van der Waals surface area (Å²) in [7, 11) is 0. The molecular formula is C43H51ClN4O8. The number of hydrogen-bond donors (Lipinski definition) is 4. The lowest BCUT2D eigenvalue weighted by Crippen LogP contribution is -2.42. The normalized spacial score (nSPS) is 12.9. The van der Waals surface area contributed by atoms with Gasteiger partial charge in [0.15, 0.2) is 0 Å². The number of anilines is 2. The maximum atomic E-state index is 13.8. The molecule has 1 aliphatic heterocycles. The van der Waals surface area contributed by atoms with Gasteiger partial charge in [-0.15, -0.1) is 11.6 Å². The van der Waals surface area contributed by atoms with Crippen LogP contribution in [0.4, 0.5) is 16.2 Å². The Kier molecular flexibility index (Phi) is 12.6. The number of benzene rings is 4. The second-order valence-corrected chi connectivity index (χ2v) is 15.9. The number of hydroxylamine groups is 1. The zero-order valence-electron chi connectivity index (χ0n) is 33.4. The van der Waals surface area contributed by atoms with E-state index in [0.717, 1.165) is 38.5 Å². The van der Waals surface area contributed by atoms with Gasteiger partial charge in [0, 0.05) is 46.5 Å². The summed E-state index contributed by atoms with van der Waals surface area (Å²) in [5.74, 6) is 0.226. The molecule has 0 unspecified atom stereocenters. The van der Waals surface area contributed by atoms with Gasteiger partial charge in [-0.1, -0.05) is 18.2 Å². The van der Waals surface area contributed by atoms with Crippen LogP contribution in [-0.4, -0.2) is 70.9 Å². The summed E-state index contributed by atoms with van der Waals surface area (Å²) in [5, 5.41) is 16.3. The van der Waals surface area contributed by atoms with Gasteiger partial charge in [0.1, 0.15) is 35.0 Å². The maximum absolute atomic E-state index is 13.8. The Labute approximate surface area is 332 Å². The van der Waals surface area contributed by atoms with E-state index in [1.165, 1.54) is 6.38 Å². The number of hydrogen-bond acceptors (Lipinski definition) is 8. The van der Waals surface area contributed by atoms with Crippen molar-refractivity contribution < 1.29 is 38.5 Å². The quantitative estimate of drug-likeness (QED) is 0.0765. The highest BCUT2D eigenvalue weighted by Gasteiger charge is 2.30. The van der Waals surface area contributed by atoms with E-state index >= 15 is 0 Å². The van der Waals surface area contributed by atoms with Crippen molar-refractivity contribution >= 4 is 62.6 Å². The highest BCUT2D eigenvalue weighted by atomic mass is 35.5. The molecule has 56 heavy (non-hydrogen) atoms. The van der Waals surface area contributed by atoms with Crippen LogP contribution in [0.15, 0.2) is 72.8 Å². The van der Waals surface area contributed by atoms with Gasteiger partial charge in [0.2, 0.25) is 0 Å². The number of phenolic OH excluding ortho intramolecular Hbond substituents is 1. The molecule has 0 atom stereocenters. The Morgan fingerprint density at radius 1 is 0.893 bits per heavy atom. The van der Waals surface area contributed by atoms with Crippen LogP contribution in [0, 0.1) is 6.92 Å². The molecule has 2 heterocycles. The zero-order valence-corrected chi connectivity index (χ0v) is 34.1. The van der Waals surface area contributed by atoms with Gasteiger partial charge in [0.25, 0.3) is 11.8 Å². The van der Waals surface area contributed by atoms with E-state index in [0.29, 0.717) is 35.7 Å². The van der Waals surface area contributed by atoms with E-state index in [9.17, 15) is 19.5 Å². The number of nitrogens with zero attached hydrogens (tertiary/aromatic N) is 1. The van der Waals surface area contributed by atoms with Crippen molar-refractivity contribution in [2.45, 2.75) is 78.6 Å². The van der Waals surface area contributed by atoms with Gasteiger partial charge < -0.3 is 34.5 Å². The van der Waals surface area contributed by atoms with Crippen LogP contribution in [0.5, 0.6) is 11.5 Å². The predicted octanol–water partition coefficient (Wildman–Crippen LogP) is 9.05. The second-order valence-electron chi connectivity index (χ2n) is 15.9. The summed E-state index contributed by atoms with van der Waals surface area (Å²) < 4.78 is 17.4. The number of amides is 3. The second kappa shape index (κ2) is 16.8. The predicted molar refractivity (Wildman–Crippen MR) is 220 cm³/mol. The molecule has 12 nitrogen and oxygen atoms in total. The smallest absolute Gasteiger partial charge is 0.431 e. The van der Waals surface area contributed by atoms with Crippen molar-refractivity contribution in [3.63, 3.8) is 0 Å². The lowest BCUT2D eigenvalue weighted by Gasteiger charge is -2.32. The Hall–Kier alpha value is -5.30. The van der Waals surface area contributed by atoms with Crippen LogP contribution in [0.25, 0.3) is 21.7 Å². The summed E-state index contributed by atoms with van der Waals surface area (Å²) >= 11 is 4.64. The third-order valence-corrected chi connectivity index (χ3v) is 8.96. The topological polar surface area (TPSA) is 151 Å². The van der Waals surface area contributed by atoms with Crippen molar-refractivity contribution in [1.82, 2.24) is 10.5 Å². The van der Waals surface area contributed by atoms with Gasteiger partial charge in [-0.25, -0.2) is 4.79 Å². The minimum atomic E-state index is -0.738. The van der Waals surface area contributed by atoms with Crippen molar-refractivity contribution in [3.8, 4) is 11.5 Å². The molecule has 0 aliphatic carbocycles. The fourth-order valence-corrected chi connectivity index (χ4v) is 6.43. The number of halogens is 1. The molecule has 298 valence electrons. The fourth-order valence-electron chi connectivity index (χ4n) is 6.43. The molecule has 0 saturated heterocycles. The molecule has 13 heteroatoms.